The standard InChI is InChI=1S/C19H22N2O3S/c1-19(2,3)13-4-10-16(11-5-13)24-12-17(23)21-18(25)20-14-6-8-15(22)9-7-14/h4-11,22H,12H2,1-3H3,(H2,20,21,23,25). The van der Waals surface area contributed by atoms with Crippen LogP contribution in [0.2, 0.25) is 0 Å². The smallest absolute Gasteiger partial charge is 0.264 e. The van der Waals surface area contributed by atoms with Crippen LogP contribution in [0.5, 0.6) is 11.5 Å². The highest BCUT2D eigenvalue weighted by Gasteiger charge is 2.13. The fraction of sp³-hybridized carbons (Fsp3) is 0.263. The third kappa shape index (κ3) is 6.08. The van der Waals surface area contributed by atoms with E-state index in [1.165, 1.54) is 17.7 Å². The van der Waals surface area contributed by atoms with Crippen LogP contribution in [0.25, 0.3) is 0 Å². The van der Waals surface area contributed by atoms with Crippen LogP contribution in [0.1, 0.15) is 26.3 Å². The molecule has 2 aromatic rings. The molecule has 6 heteroatoms. The Kier molecular flexibility index (Phi) is 5.98. The van der Waals surface area contributed by atoms with Gasteiger partial charge < -0.3 is 15.2 Å². The molecule has 0 atom stereocenters. The third-order valence-corrected chi connectivity index (χ3v) is 3.67. The van der Waals surface area contributed by atoms with E-state index >= 15 is 0 Å². The first kappa shape index (κ1) is 18.7. The van der Waals surface area contributed by atoms with Crippen molar-refractivity contribution in [1.29, 1.82) is 0 Å². The molecule has 132 valence electrons. The molecule has 2 aromatic carbocycles. The number of ether oxygens (including phenoxy) is 1. The molecular weight excluding hydrogens is 336 g/mol. The van der Waals surface area contributed by atoms with Crippen molar-refractivity contribution < 1.29 is 14.6 Å². The summed E-state index contributed by atoms with van der Waals surface area (Å²) in [5, 5.41) is 14.8. The Labute approximate surface area is 153 Å². The molecule has 0 unspecified atom stereocenters. The maximum Gasteiger partial charge on any atom is 0.264 e. The molecule has 5 nitrogen and oxygen atoms in total. The van der Waals surface area contributed by atoms with Gasteiger partial charge in [0.2, 0.25) is 0 Å². The lowest BCUT2D eigenvalue weighted by atomic mass is 9.87. The summed E-state index contributed by atoms with van der Waals surface area (Å²) in [6.45, 7) is 6.28. The van der Waals surface area contributed by atoms with Gasteiger partial charge in [0.05, 0.1) is 0 Å². The monoisotopic (exact) mass is 358 g/mol. The molecule has 0 radical (unpaired) electrons. The number of anilines is 1. The molecule has 0 bridgehead atoms. The van der Waals surface area contributed by atoms with Crippen LogP contribution in [0.3, 0.4) is 0 Å². The summed E-state index contributed by atoms with van der Waals surface area (Å²) in [6.07, 6.45) is 0. The molecule has 0 spiro atoms. The van der Waals surface area contributed by atoms with E-state index in [1.54, 1.807) is 12.1 Å². The van der Waals surface area contributed by atoms with Crippen molar-refractivity contribution >= 4 is 28.9 Å². The van der Waals surface area contributed by atoms with E-state index in [1.807, 2.05) is 24.3 Å². The zero-order valence-electron chi connectivity index (χ0n) is 14.5. The van der Waals surface area contributed by atoms with E-state index in [2.05, 4.69) is 31.4 Å². The number of hydrogen-bond donors (Lipinski definition) is 3. The molecule has 2 rings (SSSR count). The maximum absolute atomic E-state index is 11.9. The Morgan fingerprint density at radius 3 is 2.24 bits per heavy atom. The summed E-state index contributed by atoms with van der Waals surface area (Å²) in [5.41, 5.74) is 1.94. The van der Waals surface area contributed by atoms with Gasteiger partial charge >= 0.3 is 0 Å². The van der Waals surface area contributed by atoms with E-state index in [0.717, 1.165) is 0 Å². The molecule has 0 aliphatic rings. The van der Waals surface area contributed by atoms with Crippen molar-refractivity contribution in [2.24, 2.45) is 0 Å². The number of thiocarbonyl (C=S) groups is 1. The molecule has 0 aromatic heterocycles. The summed E-state index contributed by atoms with van der Waals surface area (Å²) in [4.78, 5) is 11.9. The quantitative estimate of drug-likeness (QED) is 0.576. The first-order valence-corrected chi connectivity index (χ1v) is 8.28. The molecule has 3 N–H and O–H groups in total. The van der Waals surface area contributed by atoms with Crippen LogP contribution in [-0.2, 0) is 10.2 Å². The van der Waals surface area contributed by atoms with Crippen molar-refractivity contribution in [3.05, 3.63) is 54.1 Å². The summed E-state index contributed by atoms with van der Waals surface area (Å²) in [5.74, 6) is 0.433. The second-order valence-electron chi connectivity index (χ2n) is 6.61. The minimum atomic E-state index is -0.351. The van der Waals surface area contributed by atoms with Crippen molar-refractivity contribution in [3.8, 4) is 11.5 Å². The molecule has 0 fully saturated rings. The molecule has 0 aliphatic carbocycles. The predicted molar refractivity (Wildman–Crippen MR) is 103 cm³/mol. The first-order chi connectivity index (χ1) is 11.7. The maximum atomic E-state index is 11.9. The van der Waals surface area contributed by atoms with Crippen LogP contribution in [0, 0.1) is 0 Å². The molecule has 1 amide bonds. The minimum absolute atomic E-state index is 0.0714. The van der Waals surface area contributed by atoms with Crippen molar-refractivity contribution in [2.45, 2.75) is 26.2 Å². The van der Waals surface area contributed by atoms with Crippen molar-refractivity contribution in [2.75, 3.05) is 11.9 Å². The number of benzene rings is 2. The number of nitrogens with one attached hydrogen (secondary N) is 2. The lowest BCUT2D eigenvalue weighted by molar-refractivity contribution is -0.121. The lowest BCUT2D eigenvalue weighted by Crippen LogP contribution is -2.37. The van der Waals surface area contributed by atoms with Crippen LogP contribution in [0.4, 0.5) is 5.69 Å². The zero-order valence-corrected chi connectivity index (χ0v) is 15.3. The predicted octanol–water partition coefficient (Wildman–Crippen LogP) is 3.58. The molecule has 0 saturated carbocycles. The fourth-order valence-electron chi connectivity index (χ4n) is 2.07. The van der Waals surface area contributed by atoms with Crippen LogP contribution in [-0.4, -0.2) is 22.7 Å². The number of carbonyl (C=O) groups excluding carboxylic acids is 1. The van der Waals surface area contributed by atoms with Crippen LogP contribution < -0.4 is 15.4 Å². The van der Waals surface area contributed by atoms with Gasteiger partial charge in [0.15, 0.2) is 11.7 Å². The fourth-order valence-corrected chi connectivity index (χ4v) is 2.30. The van der Waals surface area contributed by atoms with E-state index in [9.17, 15) is 9.90 Å². The summed E-state index contributed by atoms with van der Waals surface area (Å²) < 4.78 is 5.47. The zero-order chi connectivity index (χ0) is 18.4. The Hall–Kier alpha value is -2.60. The minimum Gasteiger partial charge on any atom is -0.508 e. The number of phenolic OH excluding ortho intramolecular Hbond substituents is 1. The lowest BCUT2D eigenvalue weighted by Gasteiger charge is -2.19. The van der Waals surface area contributed by atoms with Crippen LogP contribution >= 0.6 is 12.2 Å². The number of phenols is 1. The Morgan fingerprint density at radius 1 is 1.08 bits per heavy atom. The Bertz CT molecular complexity index is 735. The summed E-state index contributed by atoms with van der Waals surface area (Å²) >= 11 is 5.07. The highest BCUT2D eigenvalue weighted by molar-refractivity contribution is 7.80. The highest BCUT2D eigenvalue weighted by atomic mass is 32.1. The highest BCUT2D eigenvalue weighted by Crippen LogP contribution is 2.24. The van der Waals surface area contributed by atoms with Gasteiger partial charge in [-0.15, -0.1) is 0 Å². The normalized spacial score (nSPS) is 10.8. The van der Waals surface area contributed by atoms with Crippen LogP contribution in [0.15, 0.2) is 48.5 Å². The molecule has 0 saturated heterocycles. The van der Waals surface area contributed by atoms with E-state index in [4.69, 9.17) is 17.0 Å². The van der Waals surface area contributed by atoms with Gasteiger partial charge in [-0.3, -0.25) is 10.1 Å². The summed E-state index contributed by atoms with van der Waals surface area (Å²) in [6, 6.07) is 14.0. The largest absolute Gasteiger partial charge is 0.508 e. The average molecular weight is 358 g/mol. The van der Waals surface area contributed by atoms with Gasteiger partial charge in [-0.25, -0.2) is 0 Å². The van der Waals surface area contributed by atoms with Crippen molar-refractivity contribution in [1.82, 2.24) is 5.32 Å². The van der Waals surface area contributed by atoms with E-state index in [-0.39, 0.29) is 28.8 Å². The molecular formula is C19H22N2O3S. The number of hydrogen-bond acceptors (Lipinski definition) is 4. The SMILES string of the molecule is CC(C)(C)c1ccc(OCC(=O)NC(=S)Nc2ccc(O)cc2)cc1. The van der Waals surface area contributed by atoms with Gasteiger partial charge in [-0.05, 0) is 59.6 Å². The third-order valence-electron chi connectivity index (χ3n) is 3.47. The van der Waals surface area contributed by atoms with Crippen molar-refractivity contribution in [3.63, 3.8) is 0 Å². The Balaban J connectivity index is 1.80. The second kappa shape index (κ2) is 7.98. The summed E-state index contributed by atoms with van der Waals surface area (Å²) in [7, 11) is 0. The first-order valence-electron chi connectivity index (χ1n) is 7.87. The number of amides is 1. The molecule has 0 aliphatic heterocycles. The van der Waals surface area contributed by atoms with Gasteiger partial charge in [0.25, 0.3) is 5.91 Å². The number of carbonyl (C=O) groups is 1. The van der Waals surface area contributed by atoms with E-state index < -0.39 is 0 Å². The van der Waals surface area contributed by atoms with E-state index in [0.29, 0.717) is 11.4 Å². The number of aromatic hydroxyl groups is 1. The van der Waals surface area contributed by atoms with Gasteiger partial charge in [-0.2, -0.15) is 0 Å². The average Bonchev–Trinajstić information content (AvgIpc) is 2.54. The topological polar surface area (TPSA) is 70.6 Å². The molecule has 25 heavy (non-hydrogen) atoms. The second-order valence-corrected chi connectivity index (χ2v) is 7.02. The Morgan fingerprint density at radius 2 is 1.68 bits per heavy atom. The molecule has 0 heterocycles. The van der Waals surface area contributed by atoms with Gasteiger partial charge in [0, 0.05) is 5.69 Å². The van der Waals surface area contributed by atoms with Gasteiger partial charge in [-0.1, -0.05) is 32.9 Å². The number of rotatable bonds is 4. The van der Waals surface area contributed by atoms with Gasteiger partial charge in [0.1, 0.15) is 11.5 Å².